The average Bonchev–Trinajstić information content (AvgIpc) is 2.74. The highest BCUT2D eigenvalue weighted by atomic mass is 35.5. The van der Waals surface area contributed by atoms with Gasteiger partial charge in [0.2, 0.25) is 0 Å². The summed E-state index contributed by atoms with van der Waals surface area (Å²) in [6.07, 6.45) is 3.25. The van der Waals surface area contributed by atoms with Gasteiger partial charge in [0, 0.05) is 18.3 Å². The summed E-state index contributed by atoms with van der Waals surface area (Å²) < 4.78 is 10.6. The fourth-order valence-electron chi connectivity index (χ4n) is 2.48. The Hall–Kier alpha value is -3.32. The second-order valence-corrected chi connectivity index (χ2v) is 6.16. The van der Waals surface area contributed by atoms with Crippen LogP contribution in [0.1, 0.15) is 16.2 Å². The standard InChI is InChI=1S/C20H19ClN4O3/c1-27-18-10-17(19(28-2)9-15(18)21)25-14-6-7-16(23-12-14)20(26)24-11-13-5-3-4-8-22-13/h3-10,12,25H,11H2,1-2H3,(H,24,26). The highest BCUT2D eigenvalue weighted by Crippen LogP contribution is 2.37. The summed E-state index contributed by atoms with van der Waals surface area (Å²) in [5.74, 6) is 0.800. The van der Waals surface area contributed by atoms with Gasteiger partial charge in [-0.25, -0.2) is 4.98 Å². The van der Waals surface area contributed by atoms with Crippen LogP contribution in [-0.2, 0) is 6.54 Å². The zero-order valence-electron chi connectivity index (χ0n) is 15.4. The number of hydrogen-bond acceptors (Lipinski definition) is 6. The molecule has 0 atom stereocenters. The molecule has 0 fully saturated rings. The highest BCUT2D eigenvalue weighted by Gasteiger charge is 2.11. The first-order valence-corrected chi connectivity index (χ1v) is 8.81. The van der Waals surface area contributed by atoms with Crippen molar-refractivity contribution >= 4 is 28.9 Å². The molecule has 8 heteroatoms. The van der Waals surface area contributed by atoms with E-state index in [1.54, 1.807) is 43.8 Å². The Kier molecular flexibility index (Phi) is 6.29. The molecule has 2 heterocycles. The molecule has 0 radical (unpaired) electrons. The molecule has 1 aromatic carbocycles. The SMILES string of the molecule is COc1cc(Nc2ccc(C(=O)NCc3ccccn3)nc2)c(OC)cc1Cl. The van der Waals surface area contributed by atoms with Crippen LogP contribution < -0.4 is 20.1 Å². The van der Waals surface area contributed by atoms with Crippen LogP contribution in [0.4, 0.5) is 11.4 Å². The van der Waals surface area contributed by atoms with Gasteiger partial charge in [0.15, 0.2) is 0 Å². The van der Waals surface area contributed by atoms with Gasteiger partial charge in [-0.15, -0.1) is 0 Å². The van der Waals surface area contributed by atoms with Gasteiger partial charge in [-0.05, 0) is 24.3 Å². The quantitative estimate of drug-likeness (QED) is 0.629. The number of benzene rings is 1. The molecule has 0 spiro atoms. The summed E-state index contributed by atoms with van der Waals surface area (Å²) in [6.45, 7) is 0.336. The first-order valence-electron chi connectivity index (χ1n) is 8.43. The number of anilines is 2. The van der Waals surface area contributed by atoms with Crippen LogP contribution in [0.2, 0.25) is 5.02 Å². The second-order valence-electron chi connectivity index (χ2n) is 5.75. The van der Waals surface area contributed by atoms with Gasteiger partial charge in [-0.3, -0.25) is 9.78 Å². The number of rotatable bonds is 7. The van der Waals surface area contributed by atoms with E-state index in [-0.39, 0.29) is 5.91 Å². The third-order valence-corrected chi connectivity index (χ3v) is 4.20. The Morgan fingerprint density at radius 3 is 2.54 bits per heavy atom. The average molecular weight is 399 g/mol. The van der Waals surface area contributed by atoms with Crippen molar-refractivity contribution < 1.29 is 14.3 Å². The van der Waals surface area contributed by atoms with E-state index in [4.69, 9.17) is 21.1 Å². The van der Waals surface area contributed by atoms with E-state index in [0.29, 0.717) is 40.1 Å². The molecule has 144 valence electrons. The van der Waals surface area contributed by atoms with Crippen LogP contribution in [0.3, 0.4) is 0 Å². The summed E-state index contributed by atoms with van der Waals surface area (Å²) in [4.78, 5) is 20.6. The summed E-state index contributed by atoms with van der Waals surface area (Å²) in [7, 11) is 3.09. The molecule has 2 N–H and O–H groups in total. The van der Waals surface area contributed by atoms with E-state index in [0.717, 1.165) is 5.69 Å². The number of carbonyl (C=O) groups is 1. The molecule has 2 aromatic heterocycles. The van der Waals surface area contributed by atoms with Gasteiger partial charge in [0.1, 0.15) is 17.2 Å². The van der Waals surface area contributed by atoms with Crippen LogP contribution in [0.25, 0.3) is 0 Å². The molecule has 0 saturated carbocycles. The second kappa shape index (κ2) is 9.05. The van der Waals surface area contributed by atoms with Crippen molar-refractivity contribution in [2.75, 3.05) is 19.5 Å². The van der Waals surface area contributed by atoms with Crippen molar-refractivity contribution in [3.8, 4) is 11.5 Å². The lowest BCUT2D eigenvalue weighted by molar-refractivity contribution is 0.0945. The van der Waals surface area contributed by atoms with E-state index in [1.165, 1.54) is 7.11 Å². The molecule has 0 aliphatic carbocycles. The maximum absolute atomic E-state index is 12.2. The molecular formula is C20H19ClN4O3. The zero-order valence-corrected chi connectivity index (χ0v) is 16.2. The number of carbonyl (C=O) groups excluding carboxylic acids is 1. The number of amides is 1. The number of ether oxygens (including phenoxy) is 2. The number of halogens is 1. The van der Waals surface area contributed by atoms with Gasteiger partial charge < -0.3 is 20.1 Å². The first-order chi connectivity index (χ1) is 13.6. The van der Waals surface area contributed by atoms with Crippen LogP contribution >= 0.6 is 11.6 Å². The van der Waals surface area contributed by atoms with E-state index in [2.05, 4.69) is 20.6 Å². The van der Waals surface area contributed by atoms with Crippen LogP contribution in [0.5, 0.6) is 11.5 Å². The number of nitrogens with one attached hydrogen (secondary N) is 2. The number of nitrogens with zero attached hydrogens (tertiary/aromatic N) is 2. The van der Waals surface area contributed by atoms with Crippen molar-refractivity contribution in [2.24, 2.45) is 0 Å². The Morgan fingerprint density at radius 1 is 1.07 bits per heavy atom. The van der Waals surface area contributed by atoms with Gasteiger partial charge in [0.05, 0.1) is 49.1 Å². The van der Waals surface area contributed by atoms with E-state index >= 15 is 0 Å². The molecule has 3 rings (SSSR count). The number of aromatic nitrogens is 2. The molecule has 0 aliphatic rings. The molecule has 3 aromatic rings. The van der Waals surface area contributed by atoms with Gasteiger partial charge in [-0.2, -0.15) is 0 Å². The predicted molar refractivity (Wildman–Crippen MR) is 107 cm³/mol. The minimum atomic E-state index is -0.275. The Bertz CT molecular complexity index is 950. The lowest BCUT2D eigenvalue weighted by Crippen LogP contribution is -2.24. The lowest BCUT2D eigenvalue weighted by atomic mass is 10.2. The Balaban J connectivity index is 1.68. The van der Waals surface area contributed by atoms with Crippen molar-refractivity contribution in [2.45, 2.75) is 6.54 Å². The van der Waals surface area contributed by atoms with Gasteiger partial charge >= 0.3 is 0 Å². The van der Waals surface area contributed by atoms with Gasteiger partial charge in [-0.1, -0.05) is 17.7 Å². The van der Waals surface area contributed by atoms with Crippen molar-refractivity contribution in [3.05, 3.63) is 71.3 Å². The van der Waals surface area contributed by atoms with Crippen LogP contribution in [0.15, 0.2) is 54.9 Å². The van der Waals surface area contributed by atoms with Crippen molar-refractivity contribution in [1.82, 2.24) is 15.3 Å². The smallest absolute Gasteiger partial charge is 0.270 e. The molecule has 0 bridgehead atoms. The maximum atomic E-state index is 12.2. The van der Waals surface area contributed by atoms with Crippen LogP contribution in [0, 0.1) is 0 Å². The molecule has 0 aliphatic heterocycles. The van der Waals surface area contributed by atoms with Crippen LogP contribution in [-0.4, -0.2) is 30.1 Å². The normalized spacial score (nSPS) is 10.2. The fourth-order valence-corrected chi connectivity index (χ4v) is 2.71. The zero-order chi connectivity index (χ0) is 19.9. The Labute approximate surface area is 167 Å². The van der Waals surface area contributed by atoms with Crippen molar-refractivity contribution in [1.29, 1.82) is 0 Å². The number of pyridine rings is 2. The topological polar surface area (TPSA) is 85.4 Å². The lowest BCUT2D eigenvalue weighted by Gasteiger charge is -2.14. The van der Waals surface area contributed by atoms with Gasteiger partial charge in [0.25, 0.3) is 5.91 Å². The maximum Gasteiger partial charge on any atom is 0.270 e. The summed E-state index contributed by atoms with van der Waals surface area (Å²) in [5, 5.41) is 6.42. The monoisotopic (exact) mass is 398 g/mol. The molecule has 1 amide bonds. The minimum Gasteiger partial charge on any atom is -0.495 e. The molecular weight excluding hydrogens is 380 g/mol. The van der Waals surface area contributed by atoms with E-state index in [9.17, 15) is 4.79 Å². The number of methoxy groups -OCH3 is 2. The summed E-state index contributed by atoms with van der Waals surface area (Å²) >= 11 is 6.12. The number of hydrogen-bond donors (Lipinski definition) is 2. The highest BCUT2D eigenvalue weighted by molar-refractivity contribution is 6.32. The first kappa shape index (κ1) is 19.4. The predicted octanol–water partition coefficient (Wildman–Crippen LogP) is 3.82. The van der Waals surface area contributed by atoms with E-state index < -0.39 is 0 Å². The minimum absolute atomic E-state index is 0.275. The molecule has 0 saturated heterocycles. The largest absolute Gasteiger partial charge is 0.495 e. The molecule has 28 heavy (non-hydrogen) atoms. The molecule has 7 nitrogen and oxygen atoms in total. The third kappa shape index (κ3) is 4.69. The third-order valence-electron chi connectivity index (χ3n) is 3.91. The fraction of sp³-hybridized carbons (Fsp3) is 0.150. The molecule has 0 unspecified atom stereocenters. The van der Waals surface area contributed by atoms with E-state index in [1.807, 2.05) is 18.2 Å². The summed E-state index contributed by atoms with van der Waals surface area (Å²) in [5.41, 5.74) is 2.43. The summed E-state index contributed by atoms with van der Waals surface area (Å²) in [6, 6.07) is 12.3. The van der Waals surface area contributed by atoms with Crippen molar-refractivity contribution in [3.63, 3.8) is 0 Å². The Morgan fingerprint density at radius 2 is 1.89 bits per heavy atom.